The highest BCUT2D eigenvalue weighted by atomic mass is 16.3. The van der Waals surface area contributed by atoms with Gasteiger partial charge in [0.1, 0.15) is 28.4 Å². The first-order valence-corrected chi connectivity index (χ1v) is 18.1. The number of hydrogen-bond acceptors (Lipinski definition) is 3. The summed E-state index contributed by atoms with van der Waals surface area (Å²) in [7, 11) is 0. The van der Waals surface area contributed by atoms with Gasteiger partial charge in [-0.3, -0.25) is 0 Å². The van der Waals surface area contributed by atoms with E-state index < -0.39 is 0 Å². The molecule has 4 heterocycles. The molecule has 0 aliphatic carbocycles. The van der Waals surface area contributed by atoms with Crippen molar-refractivity contribution in [2.24, 2.45) is 0 Å². The van der Waals surface area contributed by atoms with E-state index in [0.717, 1.165) is 99.2 Å². The van der Waals surface area contributed by atoms with Crippen molar-refractivity contribution in [2.75, 3.05) is 0 Å². The van der Waals surface area contributed by atoms with Crippen molar-refractivity contribution in [3.8, 4) is 28.6 Å². The van der Waals surface area contributed by atoms with Crippen molar-refractivity contribution in [1.29, 1.82) is 5.26 Å². The molecule has 0 unspecified atom stereocenters. The third kappa shape index (κ3) is 3.81. The first-order chi connectivity index (χ1) is 26.8. The molecule has 12 rings (SSSR count). The van der Waals surface area contributed by atoms with Crippen LogP contribution in [0.5, 0.6) is 0 Å². The third-order valence-corrected chi connectivity index (χ3v) is 11.2. The summed E-state index contributed by atoms with van der Waals surface area (Å²) in [6, 6.07) is 59.3. The lowest BCUT2D eigenvalue weighted by Crippen LogP contribution is -2.00. The Morgan fingerprint density at radius 1 is 0.426 bits per heavy atom. The fraction of sp³-hybridized carbons (Fsp3) is 0. The maximum absolute atomic E-state index is 11.1. The van der Waals surface area contributed by atoms with E-state index in [4.69, 9.17) is 8.83 Å². The van der Waals surface area contributed by atoms with Crippen LogP contribution < -0.4 is 0 Å². The van der Waals surface area contributed by atoms with Crippen molar-refractivity contribution in [3.63, 3.8) is 0 Å². The molecule has 0 radical (unpaired) electrons. The van der Waals surface area contributed by atoms with Crippen LogP contribution in [0.2, 0.25) is 0 Å². The number of fused-ring (bicyclic) bond motifs is 14. The zero-order valence-corrected chi connectivity index (χ0v) is 28.7. The van der Waals surface area contributed by atoms with Crippen LogP contribution in [0, 0.1) is 11.3 Å². The molecule has 0 bridgehead atoms. The van der Waals surface area contributed by atoms with Gasteiger partial charge in [-0.05, 0) is 72.3 Å². The van der Waals surface area contributed by atoms with E-state index in [0.29, 0.717) is 5.56 Å². The molecule has 0 amide bonds. The maximum Gasteiger partial charge on any atom is 0.137 e. The standard InChI is InChI=1S/C49H27N3O2/c50-28-38-31(17-10-20-41(38)52-40-19-6-2-14-33(40)35-24-26-45-47(49(35)52)37-16-4-8-22-43(37)54-45)29-11-9-12-30(27-29)51-39-18-5-1-13-32(39)34-23-25-44-46(48(34)51)36-15-3-7-21-42(36)53-44/h1-27H. The summed E-state index contributed by atoms with van der Waals surface area (Å²) in [4.78, 5) is 0. The lowest BCUT2D eigenvalue weighted by Gasteiger charge is -2.15. The van der Waals surface area contributed by atoms with E-state index in [1.54, 1.807) is 0 Å². The molecule has 54 heavy (non-hydrogen) atoms. The van der Waals surface area contributed by atoms with Crippen molar-refractivity contribution in [1.82, 2.24) is 9.13 Å². The van der Waals surface area contributed by atoms with Gasteiger partial charge in [-0.25, -0.2) is 0 Å². The van der Waals surface area contributed by atoms with Gasteiger partial charge in [-0.15, -0.1) is 0 Å². The van der Waals surface area contributed by atoms with E-state index in [-0.39, 0.29) is 0 Å². The lowest BCUT2D eigenvalue weighted by atomic mass is 9.98. The number of furan rings is 2. The number of hydrogen-bond donors (Lipinski definition) is 0. The van der Waals surface area contributed by atoms with Crippen LogP contribution in [-0.2, 0) is 0 Å². The van der Waals surface area contributed by atoms with E-state index in [1.165, 1.54) is 10.8 Å². The SMILES string of the molecule is N#Cc1c(-c2cccc(-n3c4ccccc4c4ccc5oc6ccccc6c5c43)c2)cccc1-n1c2ccccc2c2ccc3oc4ccccc4c3c21. The van der Waals surface area contributed by atoms with Gasteiger partial charge < -0.3 is 18.0 Å². The van der Waals surface area contributed by atoms with Crippen molar-refractivity contribution >= 4 is 87.5 Å². The normalized spacial score (nSPS) is 12.1. The van der Waals surface area contributed by atoms with E-state index in [2.05, 4.69) is 155 Å². The molecule has 0 saturated carbocycles. The predicted octanol–water partition coefficient (Wildman–Crippen LogP) is 13.2. The molecule has 5 nitrogen and oxygen atoms in total. The molecule has 0 atom stereocenters. The summed E-state index contributed by atoms with van der Waals surface area (Å²) < 4.78 is 17.3. The smallest absolute Gasteiger partial charge is 0.137 e. The minimum Gasteiger partial charge on any atom is -0.456 e. The van der Waals surface area contributed by atoms with E-state index >= 15 is 0 Å². The van der Waals surface area contributed by atoms with Gasteiger partial charge in [0.15, 0.2) is 0 Å². The molecule has 0 N–H and O–H groups in total. The van der Waals surface area contributed by atoms with Gasteiger partial charge in [0, 0.05) is 43.6 Å². The second-order valence-corrected chi connectivity index (χ2v) is 13.9. The molecular formula is C49H27N3O2. The van der Waals surface area contributed by atoms with Crippen LogP contribution in [0.3, 0.4) is 0 Å². The summed E-state index contributed by atoms with van der Waals surface area (Å²) in [6.07, 6.45) is 0. The number of aromatic nitrogens is 2. The summed E-state index contributed by atoms with van der Waals surface area (Å²) in [5.74, 6) is 0. The zero-order chi connectivity index (χ0) is 35.5. The average Bonchev–Trinajstić information content (AvgIpc) is 3.98. The summed E-state index contributed by atoms with van der Waals surface area (Å²) in [5.41, 5.74) is 11.9. The predicted molar refractivity (Wildman–Crippen MR) is 220 cm³/mol. The van der Waals surface area contributed by atoms with Gasteiger partial charge in [-0.2, -0.15) is 5.26 Å². The average molecular weight is 690 g/mol. The first kappa shape index (κ1) is 29.1. The van der Waals surface area contributed by atoms with Crippen molar-refractivity contribution in [2.45, 2.75) is 0 Å². The van der Waals surface area contributed by atoms with Crippen LogP contribution in [0.1, 0.15) is 5.56 Å². The van der Waals surface area contributed by atoms with Crippen LogP contribution in [0.25, 0.3) is 110 Å². The van der Waals surface area contributed by atoms with Crippen LogP contribution >= 0.6 is 0 Å². The molecule has 250 valence electrons. The van der Waals surface area contributed by atoms with Gasteiger partial charge >= 0.3 is 0 Å². The topological polar surface area (TPSA) is 59.9 Å². The van der Waals surface area contributed by atoms with Crippen LogP contribution in [0.15, 0.2) is 173 Å². The minimum atomic E-state index is 0.604. The fourth-order valence-corrected chi connectivity index (χ4v) is 8.95. The Bertz CT molecular complexity index is 3590. The minimum absolute atomic E-state index is 0.604. The maximum atomic E-state index is 11.1. The molecule has 5 heteroatoms. The van der Waals surface area contributed by atoms with Crippen molar-refractivity contribution < 1.29 is 8.83 Å². The number of nitriles is 1. The third-order valence-electron chi connectivity index (χ3n) is 11.2. The number of benzene rings is 8. The van der Waals surface area contributed by atoms with Crippen LogP contribution in [0.4, 0.5) is 0 Å². The monoisotopic (exact) mass is 689 g/mol. The number of para-hydroxylation sites is 4. The summed E-state index contributed by atoms with van der Waals surface area (Å²) in [5, 5.41) is 19.9. The quantitative estimate of drug-likeness (QED) is 0.185. The largest absolute Gasteiger partial charge is 0.456 e. The number of rotatable bonds is 3. The van der Waals surface area contributed by atoms with Gasteiger partial charge in [0.05, 0.1) is 44.1 Å². The van der Waals surface area contributed by atoms with E-state index in [1.807, 2.05) is 24.3 Å². The molecule has 0 aliphatic heterocycles. The van der Waals surface area contributed by atoms with Gasteiger partial charge in [-0.1, -0.05) is 97.1 Å². The Labute approximate surface area is 307 Å². The molecule has 4 aromatic heterocycles. The molecular weight excluding hydrogens is 663 g/mol. The van der Waals surface area contributed by atoms with Gasteiger partial charge in [0.25, 0.3) is 0 Å². The molecule has 0 aliphatic rings. The Balaban J connectivity index is 1.14. The molecule has 12 aromatic rings. The Morgan fingerprint density at radius 2 is 0.963 bits per heavy atom. The number of nitrogens with zero attached hydrogens (tertiary/aromatic N) is 3. The van der Waals surface area contributed by atoms with Crippen LogP contribution in [-0.4, -0.2) is 9.13 Å². The lowest BCUT2D eigenvalue weighted by molar-refractivity contribution is 0.669. The molecule has 0 fully saturated rings. The molecule has 8 aromatic carbocycles. The molecule has 0 spiro atoms. The summed E-state index contributed by atoms with van der Waals surface area (Å²) >= 11 is 0. The van der Waals surface area contributed by atoms with E-state index in [9.17, 15) is 5.26 Å². The highest BCUT2D eigenvalue weighted by Crippen LogP contribution is 2.44. The van der Waals surface area contributed by atoms with Gasteiger partial charge in [0.2, 0.25) is 0 Å². The second kappa shape index (κ2) is 10.7. The van der Waals surface area contributed by atoms with Crippen molar-refractivity contribution in [3.05, 3.63) is 169 Å². The highest BCUT2D eigenvalue weighted by Gasteiger charge is 2.23. The second-order valence-electron chi connectivity index (χ2n) is 13.9. The first-order valence-electron chi connectivity index (χ1n) is 18.1. The Hall–Kier alpha value is -7.55. The highest BCUT2D eigenvalue weighted by molar-refractivity contribution is 6.26. The zero-order valence-electron chi connectivity index (χ0n) is 28.7. The fourth-order valence-electron chi connectivity index (χ4n) is 8.95. The molecule has 0 saturated heterocycles. The summed E-state index contributed by atoms with van der Waals surface area (Å²) in [6.45, 7) is 0. The Morgan fingerprint density at radius 3 is 1.59 bits per heavy atom. The Kier molecular flexibility index (Phi) is 5.78.